The number of nitrogens with zero attached hydrogens (tertiary/aromatic N) is 2. The Morgan fingerprint density at radius 3 is 2.88 bits per heavy atom. The second kappa shape index (κ2) is 6.52. The van der Waals surface area contributed by atoms with Crippen molar-refractivity contribution in [1.82, 2.24) is 9.88 Å². The van der Waals surface area contributed by atoms with Crippen molar-refractivity contribution in [2.24, 2.45) is 5.92 Å². The summed E-state index contributed by atoms with van der Waals surface area (Å²) < 4.78 is 16.1. The Labute approximate surface area is 146 Å². The molecule has 2 aromatic rings. The van der Waals surface area contributed by atoms with Gasteiger partial charge in [-0.1, -0.05) is 0 Å². The van der Waals surface area contributed by atoms with Gasteiger partial charge in [-0.05, 0) is 37.0 Å². The topological polar surface area (TPSA) is 60.9 Å². The highest BCUT2D eigenvalue weighted by Crippen LogP contribution is 2.37. The largest absolute Gasteiger partial charge is 0.454 e. The molecule has 0 spiro atoms. The molecule has 25 heavy (non-hydrogen) atoms. The van der Waals surface area contributed by atoms with E-state index in [0.29, 0.717) is 25.5 Å². The zero-order chi connectivity index (χ0) is 17.4. The maximum absolute atomic E-state index is 12.2. The quantitative estimate of drug-likeness (QED) is 0.834. The highest BCUT2D eigenvalue weighted by atomic mass is 16.7. The van der Waals surface area contributed by atoms with Crippen LogP contribution in [0.4, 0.5) is 0 Å². The number of carbonyl (C=O) groups is 1. The van der Waals surface area contributed by atoms with E-state index in [0.717, 1.165) is 41.1 Å². The Balaban J connectivity index is 1.60. The third-order valence-electron chi connectivity index (χ3n) is 4.89. The Kier molecular flexibility index (Phi) is 4.21. The molecule has 6 heteroatoms. The van der Waals surface area contributed by atoms with Crippen molar-refractivity contribution in [2.45, 2.75) is 19.8 Å². The highest BCUT2D eigenvalue weighted by molar-refractivity contribution is 5.86. The predicted octanol–water partition coefficient (Wildman–Crippen LogP) is 2.31. The summed E-state index contributed by atoms with van der Waals surface area (Å²) in [5.74, 6) is 2.05. The van der Waals surface area contributed by atoms with Crippen LogP contribution in [0, 0.1) is 12.8 Å². The Hall–Kier alpha value is -2.34. The Morgan fingerprint density at radius 1 is 1.28 bits per heavy atom. The Bertz CT molecular complexity index is 821. The van der Waals surface area contributed by atoms with Gasteiger partial charge in [0.15, 0.2) is 11.5 Å². The number of ether oxygens (including phenoxy) is 3. The van der Waals surface area contributed by atoms with E-state index in [4.69, 9.17) is 14.2 Å². The molecule has 0 radical (unpaired) electrons. The fourth-order valence-corrected chi connectivity index (χ4v) is 3.72. The number of benzene rings is 1. The first-order valence-electron chi connectivity index (χ1n) is 8.60. The van der Waals surface area contributed by atoms with Crippen LogP contribution in [0.1, 0.15) is 17.7 Å². The monoisotopic (exact) mass is 342 g/mol. The molecule has 0 N–H and O–H groups in total. The second-order valence-electron chi connectivity index (χ2n) is 6.75. The molecule has 1 aromatic carbocycles. The van der Waals surface area contributed by atoms with Gasteiger partial charge in [-0.25, -0.2) is 0 Å². The number of pyridine rings is 1. The number of amides is 1. The molecule has 1 atom stereocenters. The summed E-state index contributed by atoms with van der Waals surface area (Å²) in [6, 6.07) is 6.07. The lowest BCUT2D eigenvalue weighted by Gasteiger charge is -2.16. The van der Waals surface area contributed by atoms with Crippen LogP contribution in [0.3, 0.4) is 0 Å². The van der Waals surface area contributed by atoms with Gasteiger partial charge in [0.2, 0.25) is 12.7 Å². The SMILES string of the molecule is COCCN1CC(Cc2cc(C)nc3cc4c(cc23)OCO4)CC1=O. The van der Waals surface area contributed by atoms with Gasteiger partial charge in [-0.15, -0.1) is 0 Å². The summed E-state index contributed by atoms with van der Waals surface area (Å²) in [5, 5.41) is 1.08. The summed E-state index contributed by atoms with van der Waals surface area (Å²) in [5.41, 5.74) is 3.11. The van der Waals surface area contributed by atoms with Gasteiger partial charge in [0, 0.05) is 43.8 Å². The molecule has 0 bridgehead atoms. The van der Waals surface area contributed by atoms with Crippen LogP contribution < -0.4 is 9.47 Å². The lowest BCUT2D eigenvalue weighted by molar-refractivity contribution is -0.128. The van der Waals surface area contributed by atoms with Crippen molar-refractivity contribution in [3.05, 3.63) is 29.5 Å². The van der Waals surface area contributed by atoms with Crippen molar-refractivity contribution < 1.29 is 19.0 Å². The van der Waals surface area contributed by atoms with Crippen LogP contribution >= 0.6 is 0 Å². The van der Waals surface area contributed by atoms with Crippen LogP contribution in [-0.2, 0) is 16.0 Å². The van der Waals surface area contributed by atoms with Gasteiger partial charge in [0.25, 0.3) is 0 Å². The molecule has 1 fully saturated rings. The molecular weight excluding hydrogens is 320 g/mol. The minimum absolute atomic E-state index is 0.217. The van der Waals surface area contributed by atoms with E-state index in [1.165, 1.54) is 5.56 Å². The standard InChI is InChI=1S/C19H22N2O4/c1-12-5-14(6-13-7-19(22)21(10-13)3-4-23-2)15-8-17-18(25-11-24-17)9-16(15)20-12/h5,8-9,13H,3-4,6-7,10-11H2,1-2H3. The van der Waals surface area contributed by atoms with E-state index in [9.17, 15) is 4.79 Å². The summed E-state index contributed by atoms with van der Waals surface area (Å²) in [7, 11) is 1.66. The third-order valence-corrected chi connectivity index (χ3v) is 4.89. The fraction of sp³-hybridized carbons (Fsp3) is 0.474. The minimum atomic E-state index is 0.217. The van der Waals surface area contributed by atoms with Crippen LogP contribution in [0.2, 0.25) is 0 Å². The second-order valence-corrected chi connectivity index (χ2v) is 6.75. The third kappa shape index (κ3) is 3.14. The molecule has 2 aliphatic heterocycles. The summed E-state index contributed by atoms with van der Waals surface area (Å²) in [6.07, 6.45) is 1.45. The van der Waals surface area contributed by atoms with Crippen LogP contribution in [0.25, 0.3) is 10.9 Å². The van der Waals surface area contributed by atoms with Crippen molar-refractivity contribution in [3.8, 4) is 11.5 Å². The molecule has 1 aromatic heterocycles. The molecule has 1 unspecified atom stereocenters. The minimum Gasteiger partial charge on any atom is -0.454 e. The van der Waals surface area contributed by atoms with Crippen molar-refractivity contribution >= 4 is 16.8 Å². The van der Waals surface area contributed by atoms with Crippen molar-refractivity contribution in [3.63, 3.8) is 0 Å². The Morgan fingerprint density at radius 2 is 2.08 bits per heavy atom. The zero-order valence-electron chi connectivity index (χ0n) is 14.6. The van der Waals surface area contributed by atoms with Gasteiger partial charge in [-0.3, -0.25) is 9.78 Å². The maximum Gasteiger partial charge on any atom is 0.231 e. The highest BCUT2D eigenvalue weighted by Gasteiger charge is 2.30. The molecule has 6 nitrogen and oxygen atoms in total. The summed E-state index contributed by atoms with van der Waals surface area (Å²) in [6.45, 7) is 4.29. The van der Waals surface area contributed by atoms with Gasteiger partial charge < -0.3 is 19.1 Å². The van der Waals surface area contributed by atoms with Crippen LogP contribution in [0.15, 0.2) is 18.2 Å². The number of rotatable bonds is 5. The van der Waals surface area contributed by atoms with Crippen LogP contribution in [-0.4, -0.2) is 49.4 Å². The molecule has 3 heterocycles. The van der Waals surface area contributed by atoms with E-state index >= 15 is 0 Å². The zero-order valence-corrected chi connectivity index (χ0v) is 14.6. The molecule has 4 rings (SSSR count). The molecule has 2 aliphatic rings. The van der Waals surface area contributed by atoms with Crippen molar-refractivity contribution in [2.75, 3.05) is 33.6 Å². The molecular formula is C19H22N2O4. The number of likely N-dealkylation sites (tertiary alicyclic amines) is 1. The van der Waals surface area contributed by atoms with E-state index in [1.807, 2.05) is 24.0 Å². The first kappa shape index (κ1) is 16.1. The molecule has 132 valence electrons. The average molecular weight is 342 g/mol. The van der Waals surface area contributed by atoms with Gasteiger partial charge in [0.1, 0.15) is 0 Å². The number of aromatic nitrogens is 1. The number of carbonyl (C=O) groups excluding carboxylic acids is 1. The molecule has 1 amide bonds. The predicted molar refractivity (Wildman–Crippen MR) is 92.9 cm³/mol. The van der Waals surface area contributed by atoms with E-state index in [1.54, 1.807) is 7.11 Å². The van der Waals surface area contributed by atoms with Gasteiger partial charge in [0.05, 0.1) is 12.1 Å². The lowest BCUT2D eigenvalue weighted by Crippen LogP contribution is -2.28. The number of fused-ring (bicyclic) bond motifs is 2. The number of methoxy groups -OCH3 is 1. The summed E-state index contributed by atoms with van der Waals surface area (Å²) in [4.78, 5) is 18.7. The van der Waals surface area contributed by atoms with E-state index in [2.05, 4.69) is 11.1 Å². The fourth-order valence-electron chi connectivity index (χ4n) is 3.72. The van der Waals surface area contributed by atoms with Gasteiger partial charge in [-0.2, -0.15) is 0 Å². The number of hydrogen-bond acceptors (Lipinski definition) is 5. The van der Waals surface area contributed by atoms with E-state index < -0.39 is 0 Å². The first-order chi connectivity index (χ1) is 12.1. The number of hydrogen-bond donors (Lipinski definition) is 0. The smallest absolute Gasteiger partial charge is 0.231 e. The normalized spacial score (nSPS) is 19.2. The lowest BCUT2D eigenvalue weighted by atomic mass is 9.95. The van der Waals surface area contributed by atoms with Gasteiger partial charge >= 0.3 is 0 Å². The molecule has 1 saturated heterocycles. The summed E-state index contributed by atoms with van der Waals surface area (Å²) >= 11 is 0. The van der Waals surface area contributed by atoms with Crippen LogP contribution in [0.5, 0.6) is 11.5 Å². The maximum atomic E-state index is 12.2. The number of aryl methyl sites for hydroxylation is 1. The average Bonchev–Trinajstić information content (AvgIpc) is 3.17. The first-order valence-corrected chi connectivity index (χ1v) is 8.60. The van der Waals surface area contributed by atoms with E-state index in [-0.39, 0.29) is 12.7 Å². The molecule has 0 aliphatic carbocycles. The van der Waals surface area contributed by atoms with Crippen molar-refractivity contribution in [1.29, 1.82) is 0 Å². The molecule has 0 saturated carbocycles.